The van der Waals surface area contributed by atoms with Crippen LogP contribution >= 0.6 is 0 Å². The first-order valence-corrected chi connectivity index (χ1v) is 6.83. The number of aryl methyl sites for hydroxylation is 1. The molecule has 0 atom stereocenters. The van der Waals surface area contributed by atoms with E-state index in [-0.39, 0.29) is 12.4 Å². The summed E-state index contributed by atoms with van der Waals surface area (Å²) in [6.45, 7) is 2.96. The first-order valence-electron chi connectivity index (χ1n) is 6.83. The second-order valence-corrected chi connectivity index (χ2v) is 4.87. The van der Waals surface area contributed by atoms with E-state index in [2.05, 4.69) is 4.98 Å². The van der Waals surface area contributed by atoms with Crippen LogP contribution in [0.5, 0.6) is 0 Å². The molecule has 1 heterocycles. The molecule has 5 heteroatoms. The Bertz CT molecular complexity index is 613. The Hall–Kier alpha value is -2.40. The Morgan fingerprint density at radius 1 is 1.29 bits per heavy atom. The van der Waals surface area contributed by atoms with Crippen molar-refractivity contribution >= 4 is 11.7 Å². The smallest absolute Gasteiger partial charge is 0.140 e. The van der Waals surface area contributed by atoms with E-state index in [4.69, 9.17) is 11.1 Å². The van der Waals surface area contributed by atoms with E-state index in [1.54, 1.807) is 6.20 Å². The largest absolute Gasteiger partial charge is 0.395 e. The highest BCUT2D eigenvalue weighted by Gasteiger charge is 2.16. The molecule has 110 valence electrons. The predicted octanol–water partition coefficient (Wildman–Crippen LogP) is 1.67. The normalized spacial score (nSPS) is 10.4. The molecule has 0 aliphatic carbocycles. The number of nitrogen functional groups attached to an aromatic ring is 1. The molecule has 0 fully saturated rings. The molecule has 4 N–H and O–H groups in total. The summed E-state index contributed by atoms with van der Waals surface area (Å²) in [6.07, 6.45) is 1.70. The van der Waals surface area contributed by atoms with Crippen molar-refractivity contribution in [2.75, 3.05) is 18.1 Å². The summed E-state index contributed by atoms with van der Waals surface area (Å²) < 4.78 is 0. The molecule has 0 spiro atoms. The van der Waals surface area contributed by atoms with Crippen LogP contribution in [0.25, 0.3) is 0 Å². The zero-order valence-corrected chi connectivity index (χ0v) is 12.1. The van der Waals surface area contributed by atoms with E-state index in [1.165, 1.54) is 0 Å². The summed E-state index contributed by atoms with van der Waals surface area (Å²) in [4.78, 5) is 6.31. The maximum Gasteiger partial charge on any atom is 0.140 e. The van der Waals surface area contributed by atoms with E-state index in [0.29, 0.717) is 24.5 Å². The average molecular weight is 284 g/mol. The highest BCUT2D eigenvalue weighted by molar-refractivity contribution is 6.01. The van der Waals surface area contributed by atoms with Crippen molar-refractivity contribution in [2.24, 2.45) is 5.73 Å². The van der Waals surface area contributed by atoms with Crippen molar-refractivity contribution in [2.45, 2.75) is 13.5 Å². The molecule has 1 aromatic heterocycles. The summed E-state index contributed by atoms with van der Waals surface area (Å²) in [5, 5.41) is 17.1. The molecule has 0 aliphatic rings. The fourth-order valence-corrected chi connectivity index (χ4v) is 2.30. The first kappa shape index (κ1) is 15.0. The molecule has 0 bridgehead atoms. The van der Waals surface area contributed by atoms with Gasteiger partial charge in [0.05, 0.1) is 12.2 Å². The molecule has 0 aliphatic heterocycles. The van der Waals surface area contributed by atoms with Gasteiger partial charge < -0.3 is 15.7 Å². The van der Waals surface area contributed by atoms with Crippen LogP contribution in [0.4, 0.5) is 5.82 Å². The minimum Gasteiger partial charge on any atom is -0.395 e. The van der Waals surface area contributed by atoms with Gasteiger partial charge in [-0.1, -0.05) is 30.3 Å². The molecule has 0 radical (unpaired) electrons. The number of anilines is 1. The number of aliphatic hydroxyl groups excluding tert-OH is 1. The third-order valence-corrected chi connectivity index (χ3v) is 3.29. The molecule has 2 aromatic rings. The molecule has 1 aromatic carbocycles. The van der Waals surface area contributed by atoms with E-state index >= 15 is 0 Å². The van der Waals surface area contributed by atoms with Crippen LogP contribution in [0.3, 0.4) is 0 Å². The second-order valence-electron chi connectivity index (χ2n) is 4.87. The van der Waals surface area contributed by atoms with E-state index < -0.39 is 0 Å². The number of benzene rings is 1. The molecule has 0 amide bonds. The van der Waals surface area contributed by atoms with Gasteiger partial charge in [0, 0.05) is 19.3 Å². The van der Waals surface area contributed by atoms with Crippen LogP contribution in [0.2, 0.25) is 0 Å². The lowest BCUT2D eigenvalue weighted by atomic mass is 10.1. The Morgan fingerprint density at radius 2 is 2.00 bits per heavy atom. The van der Waals surface area contributed by atoms with Gasteiger partial charge in [-0.25, -0.2) is 4.98 Å². The van der Waals surface area contributed by atoms with Crippen LogP contribution in [-0.4, -0.2) is 29.1 Å². The Labute approximate surface area is 124 Å². The minimum atomic E-state index is -0.00778. The zero-order chi connectivity index (χ0) is 15.2. The van der Waals surface area contributed by atoms with Crippen molar-refractivity contribution in [1.82, 2.24) is 4.98 Å². The van der Waals surface area contributed by atoms with Crippen molar-refractivity contribution in [3.05, 3.63) is 59.3 Å². The monoisotopic (exact) mass is 284 g/mol. The number of amidine groups is 1. The lowest BCUT2D eigenvalue weighted by Gasteiger charge is -2.25. The third-order valence-electron chi connectivity index (χ3n) is 3.29. The summed E-state index contributed by atoms with van der Waals surface area (Å²) >= 11 is 0. The van der Waals surface area contributed by atoms with Gasteiger partial charge in [-0.15, -0.1) is 0 Å². The minimum absolute atomic E-state index is 0.00778. The van der Waals surface area contributed by atoms with Crippen LogP contribution in [0, 0.1) is 12.3 Å². The van der Waals surface area contributed by atoms with Crippen LogP contribution in [-0.2, 0) is 6.54 Å². The number of hydrogen-bond acceptors (Lipinski definition) is 4. The van der Waals surface area contributed by atoms with Crippen molar-refractivity contribution in [1.29, 1.82) is 5.41 Å². The maximum atomic E-state index is 9.32. The topological polar surface area (TPSA) is 86.2 Å². The van der Waals surface area contributed by atoms with Crippen molar-refractivity contribution < 1.29 is 5.11 Å². The Balaban J connectivity index is 2.39. The standard InChI is InChI=1S/C16H20N4O/c1-12-7-8-19-16(14(12)15(17)18)20(9-10-21)11-13-5-3-2-4-6-13/h2-8,21H,9-11H2,1H3,(H3,17,18). The van der Waals surface area contributed by atoms with E-state index in [1.807, 2.05) is 48.2 Å². The number of nitrogens with one attached hydrogen (secondary N) is 1. The van der Waals surface area contributed by atoms with Gasteiger partial charge >= 0.3 is 0 Å². The van der Waals surface area contributed by atoms with Gasteiger partial charge in [-0.05, 0) is 24.1 Å². The van der Waals surface area contributed by atoms with Crippen LogP contribution in [0.15, 0.2) is 42.6 Å². The number of aromatic nitrogens is 1. The molecule has 0 saturated heterocycles. The van der Waals surface area contributed by atoms with Crippen molar-refractivity contribution in [3.8, 4) is 0 Å². The Morgan fingerprint density at radius 3 is 2.62 bits per heavy atom. The van der Waals surface area contributed by atoms with Crippen molar-refractivity contribution in [3.63, 3.8) is 0 Å². The maximum absolute atomic E-state index is 9.32. The predicted molar refractivity (Wildman–Crippen MR) is 84.6 cm³/mol. The molecule has 0 saturated carbocycles. The van der Waals surface area contributed by atoms with Gasteiger partial charge in [0.15, 0.2) is 0 Å². The van der Waals surface area contributed by atoms with E-state index in [9.17, 15) is 5.11 Å². The SMILES string of the molecule is Cc1ccnc(N(CCO)Cc2ccccc2)c1C(=N)N. The summed E-state index contributed by atoms with van der Waals surface area (Å²) in [5.41, 5.74) is 8.34. The van der Waals surface area contributed by atoms with Gasteiger partial charge in [-0.2, -0.15) is 0 Å². The number of nitrogens with zero attached hydrogens (tertiary/aromatic N) is 2. The molecule has 21 heavy (non-hydrogen) atoms. The quantitative estimate of drug-likeness (QED) is 0.556. The fraction of sp³-hybridized carbons (Fsp3) is 0.250. The highest BCUT2D eigenvalue weighted by Crippen LogP contribution is 2.22. The molecular weight excluding hydrogens is 264 g/mol. The summed E-state index contributed by atoms with van der Waals surface area (Å²) in [6, 6.07) is 11.8. The lowest BCUT2D eigenvalue weighted by Crippen LogP contribution is -2.30. The molecule has 5 nitrogen and oxygen atoms in total. The van der Waals surface area contributed by atoms with Crippen LogP contribution < -0.4 is 10.6 Å². The summed E-state index contributed by atoms with van der Waals surface area (Å²) in [7, 11) is 0. The number of pyridine rings is 1. The van der Waals surface area contributed by atoms with E-state index in [0.717, 1.165) is 11.1 Å². The first-order chi connectivity index (χ1) is 10.1. The summed E-state index contributed by atoms with van der Waals surface area (Å²) in [5.74, 6) is 0.631. The number of hydrogen-bond donors (Lipinski definition) is 3. The number of nitrogens with two attached hydrogens (primary N) is 1. The zero-order valence-electron chi connectivity index (χ0n) is 12.1. The van der Waals surface area contributed by atoms with Gasteiger partial charge in [0.2, 0.25) is 0 Å². The molecule has 2 rings (SSSR count). The van der Waals surface area contributed by atoms with Crippen LogP contribution in [0.1, 0.15) is 16.7 Å². The lowest BCUT2D eigenvalue weighted by molar-refractivity contribution is 0.301. The average Bonchev–Trinajstić information content (AvgIpc) is 2.47. The highest BCUT2D eigenvalue weighted by atomic mass is 16.3. The van der Waals surface area contributed by atoms with Gasteiger partial charge in [0.1, 0.15) is 11.7 Å². The third kappa shape index (κ3) is 3.58. The fourth-order valence-electron chi connectivity index (χ4n) is 2.30. The second kappa shape index (κ2) is 6.85. The van der Waals surface area contributed by atoms with Gasteiger partial charge in [-0.3, -0.25) is 5.41 Å². The Kier molecular flexibility index (Phi) is 4.90. The molecular formula is C16H20N4O. The number of aliphatic hydroxyl groups is 1. The molecule has 0 unspecified atom stereocenters. The van der Waals surface area contributed by atoms with Gasteiger partial charge in [0.25, 0.3) is 0 Å². The number of rotatable bonds is 6.